The first-order valence-electron chi connectivity index (χ1n) is 5.74. The molecule has 0 aliphatic carbocycles. The fourth-order valence-electron chi connectivity index (χ4n) is 1.53. The van der Waals surface area contributed by atoms with Crippen molar-refractivity contribution >= 4 is 0 Å². The lowest BCUT2D eigenvalue weighted by Crippen LogP contribution is -2.28. The number of rotatable bonds is 6. The second-order valence-electron chi connectivity index (χ2n) is 5.76. The minimum atomic E-state index is 0.450. The van der Waals surface area contributed by atoms with Gasteiger partial charge < -0.3 is 10.6 Å². The lowest BCUT2D eigenvalue weighted by Gasteiger charge is -2.25. The van der Waals surface area contributed by atoms with Crippen LogP contribution < -0.4 is 5.73 Å². The Morgan fingerprint density at radius 3 is 2.29 bits per heavy atom. The van der Waals surface area contributed by atoms with Crippen LogP contribution in [-0.2, 0) is 0 Å². The van der Waals surface area contributed by atoms with Crippen LogP contribution in [-0.4, -0.2) is 31.6 Å². The van der Waals surface area contributed by atoms with Crippen molar-refractivity contribution < 1.29 is 0 Å². The van der Waals surface area contributed by atoms with E-state index in [0.717, 1.165) is 18.9 Å². The van der Waals surface area contributed by atoms with Crippen LogP contribution in [0.15, 0.2) is 0 Å². The van der Waals surface area contributed by atoms with Crippen molar-refractivity contribution in [3.8, 4) is 0 Å². The van der Waals surface area contributed by atoms with E-state index < -0.39 is 0 Å². The molecule has 2 heteroatoms. The third-order valence-corrected chi connectivity index (χ3v) is 2.53. The van der Waals surface area contributed by atoms with Gasteiger partial charge in [-0.2, -0.15) is 0 Å². The average molecular weight is 200 g/mol. The molecular weight excluding hydrogens is 172 g/mol. The van der Waals surface area contributed by atoms with E-state index in [0.29, 0.717) is 5.41 Å². The number of nitrogens with zero attached hydrogens (tertiary/aromatic N) is 1. The molecule has 0 radical (unpaired) electrons. The summed E-state index contributed by atoms with van der Waals surface area (Å²) in [5, 5.41) is 0. The van der Waals surface area contributed by atoms with Crippen molar-refractivity contribution in [2.24, 2.45) is 17.1 Å². The van der Waals surface area contributed by atoms with Crippen LogP contribution >= 0.6 is 0 Å². The summed E-state index contributed by atoms with van der Waals surface area (Å²) >= 11 is 0. The predicted molar refractivity (Wildman–Crippen MR) is 64.4 cm³/mol. The lowest BCUT2D eigenvalue weighted by molar-refractivity contribution is 0.235. The first-order valence-corrected chi connectivity index (χ1v) is 5.74. The van der Waals surface area contributed by atoms with Gasteiger partial charge in [-0.25, -0.2) is 0 Å². The lowest BCUT2D eigenvalue weighted by atomic mass is 9.92. The Balaban J connectivity index is 3.59. The summed E-state index contributed by atoms with van der Waals surface area (Å²) in [7, 11) is 2.21. The third-order valence-electron chi connectivity index (χ3n) is 2.53. The summed E-state index contributed by atoms with van der Waals surface area (Å²) < 4.78 is 0. The monoisotopic (exact) mass is 200 g/mol. The Morgan fingerprint density at radius 2 is 1.86 bits per heavy atom. The summed E-state index contributed by atoms with van der Waals surface area (Å²) in [5.41, 5.74) is 5.98. The molecule has 2 nitrogen and oxygen atoms in total. The van der Waals surface area contributed by atoms with Gasteiger partial charge in [0, 0.05) is 6.54 Å². The van der Waals surface area contributed by atoms with E-state index >= 15 is 0 Å². The number of hydrogen-bond donors (Lipinski definition) is 1. The molecule has 0 aromatic carbocycles. The summed E-state index contributed by atoms with van der Waals surface area (Å²) in [6.45, 7) is 12.3. The van der Waals surface area contributed by atoms with Gasteiger partial charge in [-0.05, 0) is 44.3 Å². The zero-order valence-electron chi connectivity index (χ0n) is 10.6. The van der Waals surface area contributed by atoms with Crippen LogP contribution in [0.3, 0.4) is 0 Å². The van der Waals surface area contributed by atoms with Crippen LogP contribution in [0, 0.1) is 11.3 Å². The zero-order chi connectivity index (χ0) is 11.2. The van der Waals surface area contributed by atoms with Gasteiger partial charge in [-0.3, -0.25) is 0 Å². The first-order chi connectivity index (χ1) is 6.35. The van der Waals surface area contributed by atoms with E-state index in [2.05, 4.69) is 39.6 Å². The van der Waals surface area contributed by atoms with E-state index in [1.807, 2.05) is 0 Å². The molecule has 0 spiro atoms. The summed E-state index contributed by atoms with van der Waals surface area (Å²) in [6.07, 6.45) is 2.40. The second kappa shape index (κ2) is 6.41. The van der Waals surface area contributed by atoms with Gasteiger partial charge in [0.1, 0.15) is 0 Å². The highest BCUT2D eigenvalue weighted by atomic mass is 15.1. The van der Waals surface area contributed by atoms with Gasteiger partial charge in [0.25, 0.3) is 0 Å². The molecule has 2 N–H and O–H groups in total. The van der Waals surface area contributed by atoms with Crippen molar-refractivity contribution in [1.82, 2.24) is 4.90 Å². The molecule has 0 saturated heterocycles. The van der Waals surface area contributed by atoms with Gasteiger partial charge in [-0.15, -0.1) is 0 Å². The Hall–Kier alpha value is -0.0800. The van der Waals surface area contributed by atoms with Crippen molar-refractivity contribution in [3.63, 3.8) is 0 Å². The fraction of sp³-hybridized carbons (Fsp3) is 1.00. The first kappa shape index (κ1) is 13.9. The Morgan fingerprint density at radius 1 is 1.29 bits per heavy atom. The highest BCUT2D eigenvalue weighted by molar-refractivity contribution is 4.66. The van der Waals surface area contributed by atoms with E-state index in [9.17, 15) is 0 Å². The Labute approximate surface area is 89.9 Å². The molecule has 0 aliphatic heterocycles. The van der Waals surface area contributed by atoms with Crippen molar-refractivity contribution in [1.29, 1.82) is 0 Å². The molecule has 0 aromatic rings. The molecule has 0 bridgehead atoms. The standard InChI is InChI=1S/C12H28N2/c1-11(6-8-13)10-14(5)9-7-12(2,3)4/h11H,6-10,13H2,1-5H3. The largest absolute Gasteiger partial charge is 0.330 e. The Bertz CT molecular complexity index is 138. The van der Waals surface area contributed by atoms with E-state index in [4.69, 9.17) is 5.73 Å². The van der Waals surface area contributed by atoms with Crippen LogP contribution in [0.5, 0.6) is 0 Å². The molecule has 0 heterocycles. The van der Waals surface area contributed by atoms with Crippen molar-refractivity contribution in [3.05, 3.63) is 0 Å². The van der Waals surface area contributed by atoms with Crippen molar-refractivity contribution in [2.45, 2.75) is 40.5 Å². The smallest absolute Gasteiger partial charge is 0.000444 e. The van der Waals surface area contributed by atoms with E-state index in [1.165, 1.54) is 19.5 Å². The molecule has 86 valence electrons. The Kier molecular flexibility index (Phi) is 6.38. The SMILES string of the molecule is CC(CCN)CN(C)CCC(C)(C)C. The van der Waals surface area contributed by atoms with Gasteiger partial charge >= 0.3 is 0 Å². The topological polar surface area (TPSA) is 29.3 Å². The second-order valence-corrected chi connectivity index (χ2v) is 5.76. The summed E-state index contributed by atoms with van der Waals surface area (Å²) in [5.74, 6) is 0.727. The minimum Gasteiger partial charge on any atom is -0.330 e. The van der Waals surface area contributed by atoms with Crippen LogP contribution in [0.25, 0.3) is 0 Å². The number of hydrogen-bond acceptors (Lipinski definition) is 2. The molecule has 0 saturated carbocycles. The van der Waals surface area contributed by atoms with Gasteiger partial charge in [0.15, 0.2) is 0 Å². The average Bonchev–Trinajstić information content (AvgIpc) is 2.00. The van der Waals surface area contributed by atoms with Gasteiger partial charge in [0.05, 0.1) is 0 Å². The minimum absolute atomic E-state index is 0.450. The van der Waals surface area contributed by atoms with Gasteiger partial charge in [0.2, 0.25) is 0 Å². The summed E-state index contributed by atoms with van der Waals surface area (Å²) in [6, 6.07) is 0. The third kappa shape index (κ3) is 8.52. The summed E-state index contributed by atoms with van der Waals surface area (Å²) in [4.78, 5) is 2.42. The fourth-order valence-corrected chi connectivity index (χ4v) is 1.53. The van der Waals surface area contributed by atoms with E-state index in [-0.39, 0.29) is 0 Å². The maximum absolute atomic E-state index is 5.53. The quantitative estimate of drug-likeness (QED) is 0.713. The van der Waals surface area contributed by atoms with Crippen molar-refractivity contribution in [2.75, 3.05) is 26.7 Å². The van der Waals surface area contributed by atoms with Crippen LogP contribution in [0.1, 0.15) is 40.5 Å². The zero-order valence-corrected chi connectivity index (χ0v) is 10.6. The van der Waals surface area contributed by atoms with Gasteiger partial charge in [-0.1, -0.05) is 27.7 Å². The maximum Gasteiger partial charge on any atom is 0.000444 e. The highest BCUT2D eigenvalue weighted by Gasteiger charge is 2.12. The van der Waals surface area contributed by atoms with Crippen LogP contribution in [0.2, 0.25) is 0 Å². The molecular formula is C12H28N2. The van der Waals surface area contributed by atoms with E-state index in [1.54, 1.807) is 0 Å². The molecule has 1 unspecified atom stereocenters. The molecule has 14 heavy (non-hydrogen) atoms. The predicted octanol–water partition coefficient (Wildman–Crippen LogP) is 2.34. The molecule has 0 amide bonds. The molecule has 0 fully saturated rings. The normalized spacial score (nSPS) is 14.8. The maximum atomic E-state index is 5.53. The molecule has 1 atom stereocenters. The molecule has 0 aromatic heterocycles. The molecule has 0 aliphatic rings. The number of nitrogens with two attached hydrogens (primary N) is 1. The highest BCUT2D eigenvalue weighted by Crippen LogP contribution is 2.18. The van der Waals surface area contributed by atoms with Crippen LogP contribution in [0.4, 0.5) is 0 Å². The molecule has 0 rings (SSSR count).